The topological polar surface area (TPSA) is 76.7 Å². The Morgan fingerprint density at radius 2 is 2.13 bits per heavy atom. The maximum Gasteiger partial charge on any atom is 0.333 e. The first-order valence-corrected chi connectivity index (χ1v) is 11.0. The van der Waals surface area contributed by atoms with Crippen LogP contribution in [0.3, 0.4) is 0 Å². The van der Waals surface area contributed by atoms with Crippen molar-refractivity contribution in [3.05, 3.63) is 47.5 Å². The number of hydrogen-bond donors (Lipinski definition) is 1. The number of esters is 1. The third-order valence-electron chi connectivity index (χ3n) is 7.94. The summed E-state index contributed by atoms with van der Waals surface area (Å²) in [7, 11) is 0. The molecule has 0 radical (unpaired) electrons. The van der Waals surface area contributed by atoms with E-state index in [0.717, 1.165) is 43.2 Å². The first-order chi connectivity index (χ1) is 14.3. The summed E-state index contributed by atoms with van der Waals surface area (Å²) in [5.41, 5.74) is 1.38. The Hall–Kier alpha value is -2.30. The monoisotopic (exact) mass is 414 g/mol. The van der Waals surface area contributed by atoms with Gasteiger partial charge in [-0.1, -0.05) is 26.0 Å². The van der Waals surface area contributed by atoms with Gasteiger partial charge in [0, 0.05) is 5.57 Å². The van der Waals surface area contributed by atoms with Gasteiger partial charge in [-0.05, 0) is 86.8 Å². The predicted octanol–water partition coefficient (Wildman–Crippen LogP) is 5.57. The highest BCUT2D eigenvalue weighted by Crippen LogP contribution is 2.62. The molecule has 1 aromatic heterocycles. The largest absolute Gasteiger partial charge is 0.481 e. The van der Waals surface area contributed by atoms with Gasteiger partial charge in [0.15, 0.2) is 0 Å². The summed E-state index contributed by atoms with van der Waals surface area (Å²) in [4.78, 5) is 25.0. The van der Waals surface area contributed by atoms with E-state index in [4.69, 9.17) is 9.15 Å². The van der Waals surface area contributed by atoms with Crippen LogP contribution in [-0.4, -0.2) is 23.7 Å². The fraction of sp³-hybridized carbons (Fsp3) is 0.600. The number of hydrogen-bond acceptors (Lipinski definition) is 4. The first-order valence-electron chi connectivity index (χ1n) is 11.0. The van der Waals surface area contributed by atoms with Crippen LogP contribution in [0, 0.1) is 22.7 Å². The van der Waals surface area contributed by atoms with Gasteiger partial charge in [-0.25, -0.2) is 4.79 Å². The Labute approximate surface area is 179 Å². The molecule has 1 N–H and O–H groups in total. The van der Waals surface area contributed by atoms with Crippen LogP contribution in [0.2, 0.25) is 0 Å². The second-order valence-electron chi connectivity index (χ2n) is 9.26. The summed E-state index contributed by atoms with van der Waals surface area (Å²) in [6.07, 6.45) is 12.1. The van der Waals surface area contributed by atoms with Crippen molar-refractivity contribution in [2.45, 2.75) is 66.2 Å². The zero-order valence-corrected chi connectivity index (χ0v) is 18.6. The lowest BCUT2D eigenvalue weighted by molar-refractivity contribution is -0.164. The number of carbonyl (C=O) groups is 2. The van der Waals surface area contributed by atoms with Gasteiger partial charge in [0.2, 0.25) is 0 Å². The van der Waals surface area contributed by atoms with E-state index >= 15 is 0 Å². The van der Waals surface area contributed by atoms with Crippen LogP contribution in [0.5, 0.6) is 0 Å². The molecular weight excluding hydrogens is 380 g/mol. The highest BCUT2D eigenvalue weighted by atomic mass is 16.5. The van der Waals surface area contributed by atoms with Crippen LogP contribution < -0.4 is 0 Å². The van der Waals surface area contributed by atoms with Crippen molar-refractivity contribution in [3.8, 4) is 0 Å². The van der Waals surface area contributed by atoms with E-state index in [2.05, 4.69) is 13.8 Å². The molecule has 1 saturated carbocycles. The number of carbonyl (C=O) groups excluding carboxylic acids is 1. The maximum atomic E-state index is 12.8. The minimum atomic E-state index is -0.958. The first kappa shape index (κ1) is 22.4. The lowest BCUT2D eigenvalue weighted by atomic mass is 9.46. The van der Waals surface area contributed by atoms with Gasteiger partial charge < -0.3 is 14.3 Å². The zero-order valence-electron chi connectivity index (χ0n) is 18.6. The molecule has 3 rings (SSSR count). The van der Waals surface area contributed by atoms with E-state index < -0.39 is 11.4 Å². The summed E-state index contributed by atoms with van der Waals surface area (Å²) in [5.74, 6) is -0.722. The minimum Gasteiger partial charge on any atom is -0.481 e. The molecule has 0 aromatic carbocycles. The van der Waals surface area contributed by atoms with Gasteiger partial charge in [-0.15, -0.1) is 0 Å². The number of fused-ring (bicyclic) bond motifs is 1. The highest BCUT2D eigenvalue weighted by molar-refractivity contribution is 5.88. The molecule has 0 unspecified atom stereocenters. The predicted molar refractivity (Wildman–Crippen MR) is 115 cm³/mol. The minimum absolute atomic E-state index is 0.0136. The molecule has 30 heavy (non-hydrogen) atoms. The fourth-order valence-corrected chi connectivity index (χ4v) is 5.65. The van der Waals surface area contributed by atoms with Crippen LogP contribution in [0.1, 0.15) is 65.4 Å². The Balaban J connectivity index is 1.89. The van der Waals surface area contributed by atoms with Gasteiger partial charge in [0.25, 0.3) is 0 Å². The van der Waals surface area contributed by atoms with E-state index in [1.54, 1.807) is 32.4 Å². The number of aryl methyl sites for hydroxylation is 1. The molecule has 1 fully saturated rings. The summed E-state index contributed by atoms with van der Waals surface area (Å²) < 4.78 is 10.7. The molecule has 164 valence electrons. The molecule has 0 spiro atoms. The quantitative estimate of drug-likeness (QED) is 0.359. The lowest BCUT2D eigenvalue weighted by Gasteiger charge is -2.57. The van der Waals surface area contributed by atoms with Crippen molar-refractivity contribution in [2.75, 3.05) is 6.61 Å². The van der Waals surface area contributed by atoms with Crippen LogP contribution in [-0.2, 0) is 20.7 Å². The van der Waals surface area contributed by atoms with Crippen molar-refractivity contribution in [1.29, 1.82) is 0 Å². The SMILES string of the molecule is C/C=C(/C)C(=O)OCC1=CCC[C@@H]2[C@@]1(C(=O)O)CC[C@@H](C)[C@@]2(C)CCc1ccoc1. The average molecular weight is 415 g/mol. The Bertz CT molecular complexity index is 834. The second-order valence-corrected chi connectivity index (χ2v) is 9.26. The Morgan fingerprint density at radius 3 is 2.77 bits per heavy atom. The van der Waals surface area contributed by atoms with Gasteiger partial charge in [-0.3, -0.25) is 4.79 Å². The standard InChI is InChI=1S/C25H34O5/c1-5-17(2)22(26)30-16-20-7-6-8-21-24(4,12-10-19-11-14-29-15-19)18(3)9-13-25(20,21)23(27)28/h5,7,11,14-15,18,21H,6,8-10,12-13,16H2,1-4H3,(H,27,28)/b17-5-/t18-,21+,24-,25-/m1/s1. The fourth-order valence-electron chi connectivity index (χ4n) is 5.65. The number of rotatable bonds is 7. The maximum absolute atomic E-state index is 12.8. The molecule has 0 aliphatic heterocycles. The molecule has 0 saturated heterocycles. The van der Waals surface area contributed by atoms with Crippen LogP contribution >= 0.6 is 0 Å². The van der Waals surface area contributed by atoms with Gasteiger partial charge >= 0.3 is 11.9 Å². The number of carboxylic acid groups (broad SMARTS) is 1. The van der Waals surface area contributed by atoms with E-state index in [0.29, 0.717) is 17.9 Å². The third-order valence-corrected chi connectivity index (χ3v) is 7.94. The van der Waals surface area contributed by atoms with E-state index in [9.17, 15) is 14.7 Å². The molecule has 0 bridgehead atoms. The molecule has 4 atom stereocenters. The van der Waals surface area contributed by atoms with Gasteiger partial charge in [-0.2, -0.15) is 0 Å². The second kappa shape index (κ2) is 8.83. The Kier molecular flexibility index (Phi) is 6.59. The van der Waals surface area contributed by atoms with Crippen molar-refractivity contribution in [1.82, 2.24) is 0 Å². The van der Waals surface area contributed by atoms with Gasteiger partial charge in [0.05, 0.1) is 17.9 Å². The van der Waals surface area contributed by atoms with E-state index in [1.807, 2.05) is 12.1 Å². The molecule has 2 aliphatic rings. The number of allylic oxidation sites excluding steroid dienone is 2. The van der Waals surface area contributed by atoms with E-state index in [-0.39, 0.29) is 23.9 Å². The molecule has 1 aromatic rings. The smallest absolute Gasteiger partial charge is 0.333 e. The van der Waals surface area contributed by atoms with Crippen molar-refractivity contribution in [3.63, 3.8) is 0 Å². The van der Waals surface area contributed by atoms with Crippen LogP contribution in [0.15, 0.2) is 46.3 Å². The molecule has 0 amide bonds. The van der Waals surface area contributed by atoms with Gasteiger partial charge in [0.1, 0.15) is 6.61 Å². The third kappa shape index (κ3) is 3.86. The zero-order chi connectivity index (χ0) is 21.9. The Morgan fingerprint density at radius 1 is 1.37 bits per heavy atom. The molecule has 5 nitrogen and oxygen atoms in total. The molecule has 5 heteroatoms. The summed E-state index contributed by atoms with van der Waals surface area (Å²) in [5, 5.41) is 10.5. The summed E-state index contributed by atoms with van der Waals surface area (Å²) >= 11 is 0. The molecular formula is C25H34O5. The van der Waals surface area contributed by atoms with Crippen LogP contribution in [0.25, 0.3) is 0 Å². The number of aliphatic carboxylic acids is 1. The highest BCUT2D eigenvalue weighted by Gasteiger charge is 2.60. The number of furan rings is 1. The van der Waals surface area contributed by atoms with E-state index in [1.165, 1.54) is 0 Å². The average Bonchev–Trinajstić information content (AvgIpc) is 3.26. The van der Waals surface area contributed by atoms with Crippen molar-refractivity contribution in [2.24, 2.45) is 22.7 Å². The summed E-state index contributed by atoms with van der Waals surface area (Å²) in [6, 6.07) is 1.98. The van der Waals surface area contributed by atoms with Crippen molar-refractivity contribution >= 4 is 11.9 Å². The van der Waals surface area contributed by atoms with Crippen molar-refractivity contribution < 1.29 is 23.8 Å². The molecule has 2 aliphatic carbocycles. The molecule has 1 heterocycles. The summed E-state index contributed by atoms with van der Waals surface area (Å²) in [6.45, 7) is 8.08. The normalized spacial score (nSPS) is 31.6. The number of carboxylic acids is 1. The number of ether oxygens (including phenoxy) is 1. The van der Waals surface area contributed by atoms with Crippen LogP contribution in [0.4, 0.5) is 0 Å². The lowest BCUT2D eigenvalue weighted by Crippen LogP contribution is -2.55.